The fourth-order valence-electron chi connectivity index (χ4n) is 1.89. The highest BCUT2D eigenvalue weighted by Crippen LogP contribution is 2.12. The molecule has 2 heterocycles. The third-order valence-electron chi connectivity index (χ3n) is 2.82. The van der Waals surface area contributed by atoms with Gasteiger partial charge in [0, 0.05) is 12.1 Å². The van der Waals surface area contributed by atoms with Crippen molar-refractivity contribution in [3.05, 3.63) is 35.8 Å². The Bertz CT molecular complexity index is 661. The van der Waals surface area contributed by atoms with E-state index in [-0.39, 0.29) is 18.7 Å². The molecular formula is C14H16N4O3. The largest absolute Gasteiger partial charge is 0.481 e. The van der Waals surface area contributed by atoms with Gasteiger partial charge in [-0.15, -0.1) is 0 Å². The van der Waals surface area contributed by atoms with E-state index in [4.69, 9.17) is 5.11 Å². The lowest BCUT2D eigenvalue weighted by Gasteiger charge is -2.06. The maximum absolute atomic E-state index is 11.5. The van der Waals surface area contributed by atoms with Crippen LogP contribution in [-0.4, -0.2) is 31.7 Å². The van der Waals surface area contributed by atoms with E-state index in [1.165, 1.54) is 6.20 Å². The van der Waals surface area contributed by atoms with Gasteiger partial charge in [-0.2, -0.15) is 5.10 Å². The average molecular weight is 288 g/mol. The number of hydrogen-bond donors (Lipinski definition) is 2. The molecule has 0 saturated carbocycles. The molecule has 0 aliphatic carbocycles. The van der Waals surface area contributed by atoms with Crippen molar-refractivity contribution in [3.63, 3.8) is 0 Å². The highest BCUT2D eigenvalue weighted by molar-refractivity contribution is 5.92. The summed E-state index contributed by atoms with van der Waals surface area (Å²) in [7, 11) is 0. The summed E-state index contributed by atoms with van der Waals surface area (Å²) >= 11 is 0. The minimum atomic E-state index is -0.997. The van der Waals surface area contributed by atoms with Gasteiger partial charge in [0.15, 0.2) is 5.82 Å². The predicted octanol–water partition coefficient (Wildman–Crippen LogP) is 1.69. The number of anilines is 1. The maximum atomic E-state index is 11.5. The molecule has 2 aromatic rings. The maximum Gasteiger partial charge on any atom is 0.303 e. The van der Waals surface area contributed by atoms with Crippen LogP contribution in [0.1, 0.15) is 24.2 Å². The van der Waals surface area contributed by atoms with Crippen LogP contribution in [0.15, 0.2) is 24.4 Å². The molecule has 0 radical (unpaired) electrons. The van der Waals surface area contributed by atoms with Crippen LogP contribution in [0.2, 0.25) is 0 Å². The zero-order valence-corrected chi connectivity index (χ0v) is 11.8. The Labute approximate surface area is 121 Å². The summed E-state index contributed by atoms with van der Waals surface area (Å²) in [4.78, 5) is 26.1. The number of carboxylic acids is 1. The number of rotatable bonds is 5. The van der Waals surface area contributed by atoms with Crippen LogP contribution in [0.5, 0.6) is 0 Å². The van der Waals surface area contributed by atoms with Crippen molar-refractivity contribution in [1.82, 2.24) is 14.8 Å². The van der Waals surface area contributed by atoms with Gasteiger partial charge in [-0.25, -0.2) is 9.67 Å². The first kappa shape index (κ1) is 14.7. The molecule has 0 fully saturated rings. The van der Waals surface area contributed by atoms with Gasteiger partial charge in [-0.3, -0.25) is 9.59 Å². The number of aliphatic carboxylic acids is 1. The van der Waals surface area contributed by atoms with E-state index in [0.717, 1.165) is 11.4 Å². The smallest absolute Gasteiger partial charge is 0.303 e. The van der Waals surface area contributed by atoms with Crippen molar-refractivity contribution in [1.29, 1.82) is 0 Å². The van der Waals surface area contributed by atoms with Crippen LogP contribution in [-0.2, 0) is 9.59 Å². The first-order valence-electron chi connectivity index (χ1n) is 6.47. The molecule has 0 bridgehead atoms. The number of nitrogens with one attached hydrogen (secondary N) is 1. The van der Waals surface area contributed by atoms with Crippen LogP contribution in [0, 0.1) is 13.8 Å². The monoisotopic (exact) mass is 288 g/mol. The SMILES string of the molecule is Cc1cc(C)n(-c2ccc(NC(=O)CCC(=O)O)cn2)n1. The fraction of sp³-hybridized carbons (Fsp3) is 0.286. The molecule has 2 N–H and O–H groups in total. The molecule has 7 heteroatoms. The molecule has 0 atom stereocenters. The fourth-order valence-corrected chi connectivity index (χ4v) is 1.89. The number of nitrogens with zero attached hydrogens (tertiary/aromatic N) is 3. The Morgan fingerprint density at radius 1 is 1.29 bits per heavy atom. The predicted molar refractivity (Wildman–Crippen MR) is 76.3 cm³/mol. The van der Waals surface area contributed by atoms with Crippen molar-refractivity contribution < 1.29 is 14.7 Å². The van der Waals surface area contributed by atoms with E-state index in [1.807, 2.05) is 19.9 Å². The number of pyridine rings is 1. The Balaban J connectivity index is 2.04. The van der Waals surface area contributed by atoms with E-state index in [2.05, 4.69) is 15.4 Å². The van der Waals surface area contributed by atoms with Gasteiger partial charge in [0.05, 0.1) is 24.0 Å². The lowest BCUT2D eigenvalue weighted by Crippen LogP contribution is -2.13. The third-order valence-corrected chi connectivity index (χ3v) is 2.82. The highest BCUT2D eigenvalue weighted by atomic mass is 16.4. The average Bonchev–Trinajstić information content (AvgIpc) is 2.76. The van der Waals surface area contributed by atoms with Crippen molar-refractivity contribution in [3.8, 4) is 5.82 Å². The summed E-state index contributed by atoms with van der Waals surface area (Å²) in [6.07, 6.45) is 1.27. The van der Waals surface area contributed by atoms with Gasteiger partial charge < -0.3 is 10.4 Å². The number of carbonyl (C=O) groups is 2. The van der Waals surface area contributed by atoms with Gasteiger partial charge in [0.1, 0.15) is 0 Å². The summed E-state index contributed by atoms with van der Waals surface area (Å²) in [5.74, 6) is -0.689. The molecule has 1 amide bonds. The van der Waals surface area contributed by atoms with E-state index < -0.39 is 5.97 Å². The van der Waals surface area contributed by atoms with E-state index in [0.29, 0.717) is 11.5 Å². The summed E-state index contributed by atoms with van der Waals surface area (Å²) < 4.78 is 1.71. The highest BCUT2D eigenvalue weighted by Gasteiger charge is 2.08. The number of aromatic nitrogens is 3. The second kappa shape index (κ2) is 6.17. The Hall–Kier alpha value is -2.70. The first-order valence-corrected chi connectivity index (χ1v) is 6.47. The Morgan fingerprint density at radius 2 is 2.05 bits per heavy atom. The lowest BCUT2D eigenvalue weighted by molar-refractivity contribution is -0.138. The molecule has 0 saturated heterocycles. The van der Waals surface area contributed by atoms with Crippen molar-refractivity contribution >= 4 is 17.6 Å². The molecule has 0 aliphatic heterocycles. The van der Waals surface area contributed by atoms with Gasteiger partial charge >= 0.3 is 5.97 Å². The number of carboxylic acid groups (broad SMARTS) is 1. The number of carbonyl (C=O) groups excluding carboxylic acids is 1. The lowest BCUT2D eigenvalue weighted by atomic mass is 10.3. The molecule has 2 rings (SSSR count). The second-order valence-electron chi connectivity index (χ2n) is 4.69. The van der Waals surface area contributed by atoms with Crippen LogP contribution in [0.25, 0.3) is 5.82 Å². The van der Waals surface area contributed by atoms with Gasteiger partial charge in [0.2, 0.25) is 5.91 Å². The third kappa shape index (κ3) is 3.88. The molecule has 0 spiro atoms. The number of amides is 1. The van der Waals surface area contributed by atoms with Gasteiger partial charge in [-0.05, 0) is 32.0 Å². The number of hydrogen-bond acceptors (Lipinski definition) is 4. The molecular weight excluding hydrogens is 272 g/mol. The van der Waals surface area contributed by atoms with Gasteiger partial charge in [-0.1, -0.05) is 0 Å². The summed E-state index contributed by atoms with van der Waals surface area (Å²) in [5.41, 5.74) is 2.40. The van der Waals surface area contributed by atoms with Crippen LogP contribution < -0.4 is 5.32 Å². The van der Waals surface area contributed by atoms with Crippen LogP contribution in [0.4, 0.5) is 5.69 Å². The standard InChI is InChI=1S/C14H16N4O3/c1-9-7-10(2)18(17-9)12-4-3-11(8-15-12)16-13(19)5-6-14(20)21/h3-4,7-8H,5-6H2,1-2H3,(H,16,19)(H,20,21). The summed E-state index contributed by atoms with van der Waals surface area (Å²) in [6.45, 7) is 3.84. The minimum Gasteiger partial charge on any atom is -0.481 e. The van der Waals surface area contributed by atoms with Crippen molar-refractivity contribution in [2.45, 2.75) is 26.7 Å². The molecule has 110 valence electrons. The molecule has 0 unspecified atom stereocenters. The molecule has 0 aliphatic rings. The Kier molecular flexibility index (Phi) is 4.32. The summed E-state index contributed by atoms with van der Waals surface area (Å²) in [6, 6.07) is 5.40. The zero-order chi connectivity index (χ0) is 15.4. The molecule has 21 heavy (non-hydrogen) atoms. The summed E-state index contributed by atoms with van der Waals surface area (Å²) in [5, 5.41) is 15.4. The first-order chi connectivity index (χ1) is 9.95. The normalized spacial score (nSPS) is 10.4. The van der Waals surface area contributed by atoms with Crippen molar-refractivity contribution in [2.75, 3.05) is 5.32 Å². The molecule has 0 aromatic carbocycles. The Morgan fingerprint density at radius 3 is 2.57 bits per heavy atom. The van der Waals surface area contributed by atoms with E-state index in [9.17, 15) is 9.59 Å². The quantitative estimate of drug-likeness (QED) is 0.872. The number of aryl methyl sites for hydroxylation is 2. The van der Waals surface area contributed by atoms with Crippen LogP contribution in [0.3, 0.4) is 0 Å². The van der Waals surface area contributed by atoms with Gasteiger partial charge in [0.25, 0.3) is 0 Å². The zero-order valence-electron chi connectivity index (χ0n) is 11.8. The second-order valence-corrected chi connectivity index (χ2v) is 4.69. The minimum absolute atomic E-state index is 0.0610. The topological polar surface area (TPSA) is 97.1 Å². The van der Waals surface area contributed by atoms with Crippen LogP contribution >= 0.6 is 0 Å². The van der Waals surface area contributed by atoms with E-state index >= 15 is 0 Å². The molecule has 7 nitrogen and oxygen atoms in total. The molecule has 2 aromatic heterocycles. The van der Waals surface area contributed by atoms with Crippen molar-refractivity contribution in [2.24, 2.45) is 0 Å². The van der Waals surface area contributed by atoms with E-state index in [1.54, 1.807) is 16.8 Å².